The Morgan fingerprint density at radius 1 is 1.06 bits per heavy atom. The number of nitro groups is 1. The second kappa shape index (κ2) is 5.42. The molecule has 0 heterocycles. The number of para-hydroxylation sites is 1. The van der Waals surface area contributed by atoms with Gasteiger partial charge in [-0.25, -0.2) is 0 Å². The summed E-state index contributed by atoms with van der Waals surface area (Å²) in [5.41, 5.74) is 1.35. The Hall–Kier alpha value is -2.20. The van der Waals surface area contributed by atoms with Gasteiger partial charge in [-0.2, -0.15) is 0 Å². The first-order chi connectivity index (χ1) is 8.68. The van der Waals surface area contributed by atoms with Gasteiger partial charge < -0.3 is 5.11 Å². The zero-order chi connectivity index (χ0) is 13.0. The van der Waals surface area contributed by atoms with Crippen LogP contribution in [0.15, 0.2) is 54.6 Å². The van der Waals surface area contributed by atoms with Gasteiger partial charge in [-0.05, 0) is 5.56 Å². The van der Waals surface area contributed by atoms with Crippen LogP contribution in [0.2, 0.25) is 0 Å². The SMILES string of the molecule is O=[N+]([O-])c1ccccc1CC(O)c1ccccc1. The lowest BCUT2D eigenvalue weighted by atomic mass is 10.0. The van der Waals surface area contributed by atoms with Gasteiger partial charge in [0.25, 0.3) is 5.69 Å². The molecule has 92 valence electrons. The van der Waals surface area contributed by atoms with Crippen molar-refractivity contribution in [1.29, 1.82) is 0 Å². The average molecular weight is 243 g/mol. The number of hydrogen-bond donors (Lipinski definition) is 1. The first-order valence-electron chi connectivity index (χ1n) is 5.64. The molecule has 0 aromatic heterocycles. The topological polar surface area (TPSA) is 63.4 Å². The summed E-state index contributed by atoms with van der Waals surface area (Å²) in [6.45, 7) is 0. The van der Waals surface area contributed by atoms with Crippen molar-refractivity contribution >= 4 is 5.69 Å². The van der Waals surface area contributed by atoms with Crippen LogP contribution in [-0.4, -0.2) is 10.0 Å². The molecule has 2 rings (SSSR count). The van der Waals surface area contributed by atoms with Gasteiger partial charge in [0.15, 0.2) is 0 Å². The molecule has 0 saturated heterocycles. The Balaban J connectivity index is 2.22. The lowest BCUT2D eigenvalue weighted by Gasteiger charge is -2.10. The van der Waals surface area contributed by atoms with Crippen LogP contribution in [0.3, 0.4) is 0 Å². The van der Waals surface area contributed by atoms with Crippen molar-refractivity contribution in [2.24, 2.45) is 0 Å². The van der Waals surface area contributed by atoms with Crippen molar-refractivity contribution in [2.75, 3.05) is 0 Å². The molecule has 0 spiro atoms. The van der Waals surface area contributed by atoms with Gasteiger partial charge >= 0.3 is 0 Å². The van der Waals surface area contributed by atoms with Crippen molar-refractivity contribution < 1.29 is 10.0 Å². The highest BCUT2D eigenvalue weighted by atomic mass is 16.6. The summed E-state index contributed by atoms with van der Waals surface area (Å²) in [7, 11) is 0. The van der Waals surface area contributed by atoms with Gasteiger partial charge in [-0.1, -0.05) is 48.5 Å². The Morgan fingerprint density at radius 3 is 2.33 bits per heavy atom. The summed E-state index contributed by atoms with van der Waals surface area (Å²) in [5, 5.41) is 20.9. The third-order valence-corrected chi connectivity index (χ3v) is 2.79. The van der Waals surface area contributed by atoms with E-state index in [0.29, 0.717) is 5.56 Å². The lowest BCUT2D eigenvalue weighted by molar-refractivity contribution is -0.385. The molecule has 2 aromatic carbocycles. The third-order valence-electron chi connectivity index (χ3n) is 2.79. The van der Waals surface area contributed by atoms with E-state index >= 15 is 0 Å². The fourth-order valence-electron chi connectivity index (χ4n) is 1.86. The third kappa shape index (κ3) is 2.73. The molecule has 0 aliphatic rings. The fourth-order valence-corrected chi connectivity index (χ4v) is 1.86. The smallest absolute Gasteiger partial charge is 0.272 e. The van der Waals surface area contributed by atoms with Crippen molar-refractivity contribution in [1.82, 2.24) is 0 Å². The van der Waals surface area contributed by atoms with Crippen molar-refractivity contribution in [3.8, 4) is 0 Å². The number of aliphatic hydroxyl groups excluding tert-OH is 1. The van der Waals surface area contributed by atoms with Crippen molar-refractivity contribution in [3.05, 3.63) is 75.8 Å². The van der Waals surface area contributed by atoms with Crippen LogP contribution >= 0.6 is 0 Å². The second-order valence-corrected chi connectivity index (χ2v) is 4.02. The molecule has 0 amide bonds. The molecule has 1 N–H and O–H groups in total. The number of benzene rings is 2. The van der Waals surface area contributed by atoms with Crippen molar-refractivity contribution in [2.45, 2.75) is 12.5 Å². The first kappa shape index (κ1) is 12.3. The summed E-state index contributed by atoms with van der Waals surface area (Å²) in [5.74, 6) is 0. The van der Waals surface area contributed by atoms with Crippen LogP contribution in [0.1, 0.15) is 17.2 Å². The van der Waals surface area contributed by atoms with Crippen LogP contribution in [0, 0.1) is 10.1 Å². The summed E-state index contributed by atoms with van der Waals surface area (Å²) < 4.78 is 0. The number of aliphatic hydroxyl groups is 1. The van der Waals surface area contributed by atoms with Gasteiger partial charge in [0.2, 0.25) is 0 Å². The molecule has 4 heteroatoms. The fraction of sp³-hybridized carbons (Fsp3) is 0.143. The quantitative estimate of drug-likeness (QED) is 0.663. The molecule has 1 unspecified atom stereocenters. The van der Waals surface area contributed by atoms with E-state index < -0.39 is 11.0 Å². The minimum absolute atomic E-state index is 0.0486. The lowest BCUT2D eigenvalue weighted by Crippen LogP contribution is -2.04. The normalized spacial score (nSPS) is 12.1. The molecule has 0 bridgehead atoms. The van der Waals surface area contributed by atoms with E-state index in [2.05, 4.69) is 0 Å². The van der Waals surface area contributed by atoms with Crippen LogP contribution in [0.4, 0.5) is 5.69 Å². The van der Waals surface area contributed by atoms with E-state index in [0.717, 1.165) is 5.56 Å². The van der Waals surface area contributed by atoms with E-state index in [1.807, 2.05) is 18.2 Å². The van der Waals surface area contributed by atoms with E-state index in [1.165, 1.54) is 6.07 Å². The minimum Gasteiger partial charge on any atom is -0.388 e. The summed E-state index contributed by atoms with van der Waals surface area (Å²) >= 11 is 0. The van der Waals surface area contributed by atoms with Gasteiger partial charge in [0.1, 0.15) is 0 Å². The van der Waals surface area contributed by atoms with Gasteiger partial charge in [0, 0.05) is 18.1 Å². The predicted octanol–water partition coefficient (Wildman–Crippen LogP) is 2.87. The largest absolute Gasteiger partial charge is 0.388 e. The predicted molar refractivity (Wildman–Crippen MR) is 68.2 cm³/mol. The summed E-state index contributed by atoms with van der Waals surface area (Å²) in [4.78, 5) is 10.4. The maximum atomic E-state index is 10.9. The number of nitro benzene ring substituents is 1. The minimum atomic E-state index is -0.729. The van der Waals surface area contributed by atoms with Crippen LogP contribution in [0.5, 0.6) is 0 Å². The average Bonchev–Trinajstić information content (AvgIpc) is 2.40. The molecule has 0 radical (unpaired) electrons. The molecule has 0 aliphatic heterocycles. The molecule has 4 nitrogen and oxygen atoms in total. The van der Waals surface area contributed by atoms with Crippen molar-refractivity contribution in [3.63, 3.8) is 0 Å². The Bertz CT molecular complexity index is 540. The molecule has 2 aromatic rings. The molecular weight excluding hydrogens is 230 g/mol. The highest BCUT2D eigenvalue weighted by Gasteiger charge is 2.16. The number of hydrogen-bond acceptors (Lipinski definition) is 3. The maximum absolute atomic E-state index is 10.9. The van der Waals surface area contributed by atoms with Gasteiger partial charge in [-0.15, -0.1) is 0 Å². The summed E-state index contributed by atoms with van der Waals surface area (Å²) in [6.07, 6.45) is -0.492. The zero-order valence-corrected chi connectivity index (χ0v) is 9.69. The molecule has 1 atom stereocenters. The van der Waals surface area contributed by atoms with Crippen LogP contribution < -0.4 is 0 Å². The standard InChI is InChI=1S/C14H13NO3/c16-14(11-6-2-1-3-7-11)10-12-8-4-5-9-13(12)15(17)18/h1-9,14,16H,10H2. The molecule has 0 saturated carbocycles. The van der Waals surface area contributed by atoms with Gasteiger partial charge in [0.05, 0.1) is 11.0 Å². The Labute approximate surface area is 105 Å². The van der Waals surface area contributed by atoms with Crippen LogP contribution in [0.25, 0.3) is 0 Å². The zero-order valence-electron chi connectivity index (χ0n) is 9.69. The molecule has 0 aliphatic carbocycles. The summed E-state index contributed by atoms with van der Waals surface area (Å²) in [6, 6.07) is 15.6. The van der Waals surface area contributed by atoms with E-state index in [4.69, 9.17) is 0 Å². The second-order valence-electron chi connectivity index (χ2n) is 4.02. The highest BCUT2D eigenvalue weighted by molar-refractivity contribution is 5.40. The van der Waals surface area contributed by atoms with E-state index in [9.17, 15) is 15.2 Å². The Morgan fingerprint density at radius 2 is 1.67 bits per heavy atom. The number of nitrogens with zero attached hydrogens (tertiary/aromatic N) is 1. The highest BCUT2D eigenvalue weighted by Crippen LogP contribution is 2.24. The van der Waals surface area contributed by atoms with E-state index in [-0.39, 0.29) is 12.1 Å². The number of rotatable bonds is 4. The monoisotopic (exact) mass is 243 g/mol. The molecule has 18 heavy (non-hydrogen) atoms. The van der Waals surface area contributed by atoms with E-state index in [1.54, 1.807) is 30.3 Å². The molecule has 0 fully saturated rings. The Kier molecular flexibility index (Phi) is 3.69. The van der Waals surface area contributed by atoms with Crippen LogP contribution in [-0.2, 0) is 6.42 Å². The first-order valence-corrected chi connectivity index (χ1v) is 5.64. The van der Waals surface area contributed by atoms with Gasteiger partial charge in [-0.3, -0.25) is 10.1 Å². The molecular formula is C14H13NO3. The maximum Gasteiger partial charge on any atom is 0.272 e.